The van der Waals surface area contributed by atoms with Gasteiger partial charge in [0.25, 0.3) is 0 Å². The van der Waals surface area contributed by atoms with E-state index in [0.29, 0.717) is 24.5 Å². The number of unbranched alkanes of at least 4 members (excludes halogenated alkanes) is 3. The zero-order valence-electron chi connectivity index (χ0n) is 20.1. The monoisotopic (exact) mass is 470 g/mol. The van der Waals surface area contributed by atoms with Crippen LogP contribution in [0.15, 0.2) is 22.8 Å². The number of carbonyl (C=O) groups is 2. The summed E-state index contributed by atoms with van der Waals surface area (Å²) in [5, 5.41) is 29.8. The van der Waals surface area contributed by atoms with E-state index in [9.17, 15) is 19.8 Å². The number of hydrogen-bond acceptors (Lipinski definition) is 6. The van der Waals surface area contributed by atoms with E-state index in [1.54, 1.807) is 31.7 Å². The lowest BCUT2D eigenvalue weighted by Crippen LogP contribution is -2.15. The quantitative estimate of drug-likeness (QED) is 0.160. The smallest absolute Gasteiger partial charge is 0.313 e. The molecule has 7 heteroatoms. The minimum absolute atomic E-state index is 0.170. The molecule has 0 heterocycles. The van der Waals surface area contributed by atoms with Gasteiger partial charge in [0.05, 0.1) is 18.1 Å². The maximum absolute atomic E-state index is 12.1. The highest BCUT2D eigenvalue weighted by atomic mass is 32.2. The summed E-state index contributed by atoms with van der Waals surface area (Å²) < 4.78 is 5.60. The Hall–Kier alpha value is -1.31. The topological polar surface area (TPSA) is 104 Å². The maximum atomic E-state index is 12.1. The Morgan fingerprint density at radius 3 is 2.53 bits per heavy atom. The lowest BCUT2D eigenvalue weighted by atomic mass is 9.96. The van der Waals surface area contributed by atoms with Crippen molar-refractivity contribution < 1.29 is 29.6 Å². The number of ether oxygens (including phenoxy) is 1. The van der Waals surface area contributed by atoms with Crippen molar-refractivity contribution in [2.24, 2.45) is 17.8 Å². The second-order valence-corrected chi connectivity index (χ2v) is 10.3. The molecule has 0 saturated carbocycles. The second kappa shape index (κ2) is 15.5. The molecule has 4 atom stereocenters. The molecule has 32 heavy (non-hydrogen) atoms. The van der Waals surface area contributed by atoms with Gasteiger partial charge in [-0.25, -0.2) is 0 Å². The first kappa shape index (κ1) is 28.7. The molecule has 0 aromatic carbocycles. The average Bonchev–Trinajstić information content (AvgIpc) is 3.01. The second-order valence-electron chi connectivity index (χ2n) is 9.15. The predicted molar refractivity (Wildman–Crippen MR) is 129 cm³/mol. The fourth-order valence-electron chi connectivity index (χ4n) is 3.65. The fourth-order valence-corrected chi connectivity index (χ4v) is 4.93. The van der Waals surface area contributed by atoms with E-state index in [1.807, 2.05) is 6.08 Å². The molecule has 1 rings (SSSR count). The Labute approximate surface area is 197 Å². The number of carbonyl (C=O) groups excluding carboxylic acids is 1. The van der Waals surface area contributed by atoms with Crippen molar-refractivity contribution in [1.82, 2.24) is 0 Å². The molecule has 0 aromatic heterocycles. The van der Waals surface area contributed by atoms with Gasteiger partial charge in [0.1, 0.15) is 5.76 Å². The van der Waals surface area contributed by atoms with Crippen molar-refractivity contribution in [1.29, 1.82) is 0 Å². The first-order valence-electron chi connectivity index (χ1n) is 12.0. The summed E-state index contributed by atoms with van der Waals surface area (Å²) in [4.78, 5) is 23.6. The molecule has 1 aliphatic rings. The number of carboxylic acids is 1. The van der Waals surface area contributed by atoms with Crippen LogP contribution in [0.5, 0.6) is 0 Å². The third kappa shape index (κ3) is 11.0. The lowest BCUT2D eigenvalue weighted by molar-refractivity contribution is -0.143. The van der Waals surface area contributed by atoms with E-state index in [4.69, 9.17) is 9.84 Å². The zero-order valence-corrected chi connectivity index (χ0v) is 20.9. The number of hydrogen-bond donors (Lipinski definition) is 3. The summed E-state index contributed by atoms with van der Waals surface area (Å²) in [6.45, 7) is 7.85. The SMILES string of the molecule is CCCC[C@@H](C)C[C@H](O)C=C[C@@H]1C(SCCCCCC(=O)O)=C(OC(=O)C(C)C)C[C@H]1O. The van der Waals surface area contributed by atoms with Gasteiger partial charge >= 0.3 is 11.9 Å². The Bertz CT molecular complexity index is 642. The fraction of sp³-hybridized carbons (Fsp3) is 0.760. The van der Waals surface area contributed by atoms with Gasteiger partial charge in [-0.2, -0.15) is 0 Å². The number of rotatable bonds is 16. The zero-order chi connectivity index (χ0) is 24.1. The molecule has 0 fully saturated rings. The summed E-state index contributed by atoms with van der Waals surface area (Å²) in [6, 6.07) is 0. The summed E-state index contributed by atoms with van der Waals surface area (Å²) in [7, 11) is 0. The van der Waals surface area contributed by atoms with Crippen molar-refractivity contribution in [2.75, 3.05) is 5.75 Å². The number of carboxylic acid groups (broad SMARTS) is 1. The van der Waals surface area contributed by atoms with Gasteiger partial charge < -0.3 is 20.1 Å². The normalized spacial score (nSPS) is 20.8. The molecule has 0 spiro atoms. The predicted octanol–water partition coefficient (Wildman–Crippen LogP) is 5.29. The van der Waals surface area contributed by atoms with Crippen LogP contribution in [0.1, 0.15) is 85.5 Å². The molecule has 6 nitrogen and oxygen atoms in total. The molecule has 184 valence electrons. The Balaban J connectivity index is 2.79. The number of aliphatic hydroxyl groups excluding tert-OH is 2. The van der Waals surface area contributed by atoms with Crippen LogP contribution in [-0.2, 0) is 14.3 Å². The standard InChI is InChI=1S/C25H42O6S/c1-5-6-10-18(4)15-19(26)12-13-20-21(27)16-22(31-25(30)17(2)3)24(20)32-14-9-7-8-11-23(28)29/h12-13,17-21,26-27H,5-11,14-16H2,1-4H3,(H,28,29)/t18-,19-,20+,21-/m1/s1. The third-order valence-corrected chi connectivity index (χ3v) is 6.91. The van der Waals surface area contributed by atoms with E-state index in [0.717, 1.165) is 42.8 Å². The van der Waals surface area contributed by atoms with Gasteiger partial charge in [-0.1, -0.05) is 65.5 Å². The summed E-state index contributed by atoms with van der Waals surface area (Å²) in [5.41, 5.74) is 0. The van der Waals surface area contributed by atoms with Crippen LogP contribution in [0.4, 0.5) is 0 Å². The maximum Gasteiger partial charge on any atom is 0.313 e. The Kier molecular flexibility index (Phi) is 13.9. The van der Waals surface area contributed by atoms with Crippen LogP contribution in [0.25, 0.3) is 0 Å². The van der Waals surface area contributed by atoms with Gasteiger partial charge in [0.2, 0.25) is 0 Å². The van der Waals surface area contributed by atoms with Crippen LogP contribution in [0.3, 0.4) is 0 Å². The molecule has 0 aromatic rings. The Morgan fingerprint density at radius 1 is 1.19 bits per heavy atom. The molecule has 0 aliphatic heterocycles. The molecule has 3 N–H and O–H groups in total. The highest BCUT2D eigenvalue weighted by molar-refractivity contribution is 8.03. The number of aliphatic carboxylic acids is 1. The van der Waals surface area contributed by atoms with Crippen molar-refractivity contribution in [3.05, 3.63) is 22.8 Å². The highest BCUT2D eigenvalue weighted by Gasteiger charge is 2.35. The average molecular weight is 471 g/mol. The van der Waals surface area contributed by atoms with E-state index in [1.165, 1.54) is 0 Å². The van der Waals surface area contributed by atoms with Gasteiger partial charge in [0, 0.05) is 23.7 Å². The molecule has 0 amide bonds. The van der Waals surface area contributed by atoms with Crippen LogP contribution in [0.2, 0.25) is 0 Å². The van der Waals surface area contributed by atoms with Crippen LogP contribution in [0, 0.1) is 17.8 Å². The molecule has 0 saturated heterocycles. The Morgan fingerprint density at radius 2 is 1.91 bits per heavy atom. The molecular formula is C25H42O6S. The number of thioether (sulfide) groups is 1. The summed E-state index contributed by atoms with van der Waals surface area (Å²) in [6.07, 6.45) is 9.15. The van der Waals surface area contributed by atoms with E-state index in [2.05, 4.69) is 13.8 Å². The molecular weight excluding hydrogens is 428 g/mol. The number of esters is 1. The minimum atomic E-state index is -0.782. The molecule has 1 aliphatic carbocycles. The van der Waals surface area contributed by atoms with Crippen LogP contribution < -0.4 is 0 Å². The first-order valence-corrected chi connectivity index (χ1v) is 13.0. The third-order valence-electron chi connectivity index (χ3n) is 5.61. The van der Waals surface area contributed by atoms with Gasteiger partial charge in [-0.3, -0.25) is 9.59 Å². The lowest BCUT2D eigenvalue weighted by Gasteiger charge is -2.17. The van der Waals surface area contributed by atoms with Gasteiger partial charge in [-0.15, -0.1) is 11.8 Å². The highest BCUT2D eigenvalue weighted by Crippen LogP contribution is 2.41. The summed E-state index contributed by atoms with van der Waals surface area (Å²) in [5.74, 6) is 0.0346. The molecule has 0 unspecified atom stereocenters. The van der Waals surface area contributed by atoms with E-state index in [-0.39, 0.29) is 30.6 Å². The molecule has 0 bridgehead atoms. The van der Waals surface area contributed by atoms with E-state index >= 15 is 0 Å². The van der Waals surface area contributed by atoms with Crippen molar-refractivity contribution >= 4 is 23.7 Å². The first-order chi connectivity index (χ1) is 15.1. The number of aliphatic hydroxyl groups is 2. The van der Waals surface area contributed by atoms with E-state index < -0.39 is 18.2 Å². The van der Waals surface area contributed by atoms with Crippen LogP contribution in [-0.4, -0.2) is 45.2 Å². The molecule has 0 radical (unpaired) electrons. The van der Waals surface area contributed by atoms with Crippen molar-refractivity contribution in [2.45, 2.75) is 97.7 Å². The largest absolute Gasteiger partial charge is 0.481 e. The van der Waals surface area contributed by atoms with Gasteiger partial charge in [0.15, 0.2) is 0 Å². The minimum Gasteiger partial charge on any atom is -0.481 e. The van der Waals surface area contributed by atoms with Gasteiger partial charge in [-0.05, 0) is 30.9 Å². The summed E-state index contributed by atoms with van der Waals surface area (Å²) >= 11 is 1.56. The van der Waals surface area contributed by atoms with Crippen molar-refractivity contribution in [3.8, 4) is 0 Å². The van der Waals surface area contributed by atoms with Crippen LogP contribution >= 0.6 is 11.8 Å². The van der Waals surface area contributed by atoms with Crippen molar-refractivity contribution in [3.63, 3.8) is 0 Å².